The first-order valence-electron chi connectivity index (χ1n) is 8.36. The molecule has 0 saturated carbocycles. The lowest BCUT2D eigenvalue weighted by molar-refractivity contribution is -0.165. The number of nitrogens with zero attached hydrogens (tertiary/aromatic N) is 1. The van der Waals surface area contributed by atoms with Gasteiger partial charge in [-0.1, -0.05) is 58.0 Å². The molecule has 2 aliphatic rings. The Kier molecular flexibility index (Phi) is 7.13. The van der Waals surface area contributed by atoms with Gasteiger partial charge in [0.25, 0.3) is 16.0 Å². The summed E-state index contributed by atoms with van der Waals surface area (Å²) in [6, 6.07) is -0.802. The molecule has 2 fully saturated rings. The number of fused-ring (bicyclic) bond motifs is 1. The minimum absolute atomic E-state index is 0.0995. The Morgan fingerprint density at radius 2 is 1.92 bits per heavy atom. The molecule has 0 aromatic carbocycles. The quantitative estimate of drug-likeness (QED) is 0.112. The van der Waals surface area contributed by atoms with Gasteiger partial charge in [0.1, 0.15) is 11.4 Å². The van der Waals surface area contributed by atoms with E-state index in [1.54, 1.807) is 0 Å². The van der Waals surface area contributed by atoms with E-state index in [0.717, 1.165) is 19.3 Å². The Labute approximate surface area is 175 Å². The van der Waals surface area contributed by atoms with E-state index < -0.39 is 36.9 Å². The molecular formula is C15H23Br2NO6S2. The Balaban J connectivity index is 1.87. The van der Waals surface area contributed by atoms with Crippen LogP contribution in [0.25, 0.3) is 0 Å². The molecule has 0 unspecified atom stereocenters. The van der Waals surface area contributed by atoms with Crippen LogP contribution in [-0.4, -0.2) is 57.1 Å². The largest absolute Gasteiger partial charge is 0.436 e. The van der Waals surface area contributed by atoms with Crippen molar-refractivity contribution in [2.45, 2.75) is 65.9 Å². The highest BCUT2D eigenvalue weighted by atomic mass is 79.9. The second kappa shape index (κ2) is 8.26. The highest BCUT2D eigenvalue weighted by molar-refractivity contribution is 9.26. The average Bonchev–Trinajstić information content (AvgIpc) is 2.81. The van der Waals surface area contributed by atoms with Crippen LogP contribution in [0.15, 0.2) is 0 Å². The van der Waals surface area contributed by atoms with E-state index in [2.05, 4.69) is 31.9 Å². The lowest BCUT2D eigenvalue weighted by Crippen LogP contribution is -2.68. The van der Waals surface area contributed by atoms with Gasteiger partial charge < -0.3 is 9.64 Å². The van der Waals surface area contributed by atoms with E-state index in [1.165, 1.54) is 16.7 Å². The fourth-order valence-electron chi connectivity index (χ4n) is 2.96. The fourth-order valence-corrected chi connectivity index (χ4v) is 6.74. The van der Waals surface area contributed by atoms with Crippen LogP contribution in [0.4, 0.5) is 0 Å². The predicted molar refractivity (Wildman–Crippen MR) is 107 cm³/mol. The summed E-state index contributed by atoms with van der Waals surface area (Å²) in [4.78, 5) is 26.2. The number of unbranched alkanes of at least 4 members (excludes halogenated alkanes) is 3. The summed E-state index contributed by atoms with van der Waals surface area (Å²) in [5, 5.41) is -0.245. The molecule has 26 heavy (non-hydrogen) atoms. The van der Waals surface area contributed by atoms with Gasteiger partial charge in [-0.3, -0.25) is 4.79 Å². The Hall–Kier alpha value is 0.160. The third-order valence-corrected chi connectivity index (χ3v) is 9.37. The number of carbonyl (C=O) groups excluding carboxylic acids is 2. The first kappa shape index (κ1) is 22.4. The molecule has 0 bridgehead atoms. The number of hydrogen-bond acceptors (Lipinski definition) is 7. The molecule has 2 saturated heterocycles. The van der Waals surface area contributed by atoms with E-state index >= 15 is 0 Å². The molecule has 2 heterocycles. The van der Waals surface area contributed by atoms with Gasteiger partial charge in [-0.2, -0.15) is 8.42 Å². The molecule has 1 amide bonds. The van der Waals surface area contributed by atoms with Gasteiger partial charge in [-0.25, -0.2) is 8.98 Å². The number of thioether (sulfide) groups is 1. The van der Waals surface area contributed by atoms with E-state index in [-0.39, 0.29) is 17.0 Å². The van der Waals surface area contributed by atoms with Crippen LogP contribution in [0.2, 0.25) is 0 Å². The van der Waals surface area contributed by atoms with Crippen molar-refractivity contribution < 1.29 is 26.9 Å². The normalized spacial score (nSPS) is 26.3. The smallest absolute Gasteiger partial charge is 0.332 e. The van der Waals surface area contributed by atoms with Crippen molar-refractivity contribution >= 4 is 65.6 Å². The molecule has 0 aromatic rings. The second-order valence-electron chi connectivity index (χ2n) is 6.83. The summed E-state index contributed by atoms with van der Waals surface area (Å²) in [6.07, 6.45) is 3.30. The fraction of sp³-hybridized carbons (Fsp3) is 0.867. The number of halogens is 2. The van der Waals surface area contributed by atoms with Crippen molar-refractivity contribution in [3.8, 4) is 0 Å². The highest BCUT2D eigenvalue weighted by Gasteiger charge is 2.70. The molecule has 2 atom stereocenters. The molecule has 0 aliphatic carbocycles. The molecule has 2 aliphatic heterocycles. The van der Waals surface area contributed by atoms with Crippen molar-refractivity contribution in [3.05, 3.63) is 0 Å². The van der Waals surface area contributed by atoms with E-state index in [0.29, 0.717) is 6.42 Å². The van der Waals surface area contributed by atoms with Crippen molar-refractivity contribution in [2.75, 3.05) is 12.5 Å². The van der Waals surface area contributed by atoms with Crippen LogP contribution in [-0.2, 0) is 28.6 Å². The molecule has 0 aromatic heterocycles. The summed E-state index contributed by atoms with van der Waals surface area (Å²) in [5.41, 5.74) is 0. The van der Waals surface area contributed by atoms with Crippen LogP contribution in [0.5, 0.6) is 0 Å². The standard InChI is InChI=1S/C15H23Br2NO6S2/c1-4-5-6-7-8-26(21,22)24-9-23-11(19)10-14(2,3)25-13-15(16,17)12(20)18(10)13/h10,13H,4-9H2,1-3H3/t10-,13+/m0/s1. The van der Waals surface area contributed by atoms with Gasteiger partial charge in [-0.15, -0.1) is 11.8 Å². The number of hydrogen-bond donors (Lipinski definition) is 0. The lowest BCUT2D eigenvalue weighted by Gasteiger charge is -2.46. The van der Waals surface area contributed by atoms with Crippen molar-refractivity contribution in [3.63, 3.8) is 0 Å². The van der Waals surface area contributed by atoms with E-state index in [4.69, 9.17) is 8.92 Å². The van der Waals surface area contributed by atoms with Gasteiger partial charge in [0.05, 0.1) is 5.75 Å². The van der Waals surface area contributed by atoms with Crippen LogP contribution in [0, 0.1) is 0 Å². The SMILES string of the molecule is CCCCCCS(=O)(=O)OCOC(=O)[C@@H]1N2C(=O)C(Br)(Br)[C@H]2SC1(C)C. The molecule has 150 valence electrons. The van der Waals surface area contributed by atoms with Crippen molar-refractivity contribution in [2.24, 2.45) is 0 Å². The first-order chi connectivity index (χ1) is 11.9. The minimum Gasteiger partial charge on any atom is -0.436 e. The van der Waals surface area contributed by atoms with Crippen LogP contribution in [0.1, 0.15) is 46.5 Å². The topological polar surface area (TPSA) is 90.0 Å². The number of rotatable bonds is 9. The number of amides is 1. The van der Waals surface area contributed by atoms with Crippen molar-refractivity contribution in [1.82, 2.24) is 4.90 Å². The van der Waals surface area contributed by atoms with Crippen LogP contribution in [0.3, 0.4) is 0 Å². The molecule has 11 heteroatoms. The van der Waals surface area contributed by atoms with Crippen LogP contribution < -0.4 is 0 Å². The number of esters is 1. The van der Waals surface area contributed by atoms with E-state index in [1.807, 2.05) is 20.8 Å². The average molecular weight is 537 g/mol. The summed E-state index contributed by atoms with van der Waals surface area (Å²) in [6.45, 7) is 5.05. The zero-order valence-corrected chi connectivity index (χ0v) is 19.7. The third-order valence-electron chi connectivity index (χ3n) is 4.33. The van der Waals surface area contributed by atoms with Crippen molar-refractivity contribution in [1.29, 1.82) is 0 Å². The summed E-state index contributed by atoms with van der Waals surface area (Å²) in [7, 11) is -3.73. The third kappa shape index (κ3) is 4.59. The maximum Gasteiger partial charge on any atom is 0.332 e. The molecule has 2 rings (SSSR count). The Morgan fingerprint density at radius 1 is 1.27 bits per heavy atom. The number of carbonyl (C=O) groups is 2. The monoisotopic (exact) mass is 535 g/mol. The molecular weight excluding hydrogens is 514 g/mol. The summed E-state index contributed by atoms with van der Waals surface area (Å²) in [5.74, 6) is -1.03. The predicted octanol–water partition coefficient (Wildman–Crippen LogP) is 2.96. The molecule has 0 spiro atoms. The van der Waals surface area contributed by atoms with Gasteiger partial charge in [-0.05, 0) is 20.3 Å². The number of β-lactam (4-membered cyclic amide) rings is 1. The second-order valence-corrected chi connectivity index (χ2v) is 13.9. The Morgan fingerprint density at radius 3 is 2.54 bits per heavy atom. The molecule has 0 N–H and O–H groups in total. The van der Waals surface area contributed by atoms with Gasteiger partial charge in [0.15, 0.2) is 3.23 Å². The van der Waals surface area contributed by atoms with E-state index in [9.17, 15) is 18.0 Å². The highest BCUT2D eigenvalue weighted by Crippen LogP contribution is 2.60. The lowest BCUT2D eigenvalue weighted by atomic mass is 9.98. The Bertz CT molecular complexity index is 667. The maximum atomic E-state index is 12.5. The summed E-state index contributed by atoms with van der Waals surface area (Å²) >= 11 is 8.13. The van der Waals surface area contributed by atoms with Crippen LogP contribution >= 0.6 is 43.6 Å². The van der Waals surface area contributed by atoms with Gasteiger partial charge in [0.2, 0.25) is 6.79 Å². The molecule has 7 nitrogen and oxygen atoms in total. The zero-order valence-electron chi connectivity index (χ0n) is 14.9. The number of ether oxygens (including phenoxy) is 1. The van der Waals surface area contributed by atoms with Gasteiger partial charge in [0, 0.05) is 4.75 Å². The summed E-state index contributed by atoms with van der Waals surface area (Å²) < 4.78 is 31.9. The molecule has 0 radical (unpaired) electrons. The zero-order chi connectivity index (χ0) is 19.8. The van der Waals surface area contributed by atoms with Gasteiger partial charge >= 0.3 is 5.97 Å². The minimum atomic E-state index is -3.73. The number of alkyl halides is 2. The first-order valence-corrected chi connectivity index (χ1v) is 12.4. The maximum absolute atomic E-state index is 12.5.